The van der Waals surface area contributed by atoms with Gasteiger partial charge < -0.3 is 4.74 Å². The molecule has 0 N–H and O–H groups in total. The van der Waals surface area contributed by atoms with Crippen LogP contribution < -0.4 is 0 Å². The van der Waals surface area contributed by atoms with Crippen molar-refractivity contribution >= 4 is 0 Å². The van der Waals surface area contributed by atoms with Gasteiger partial charge in [-0.25, -0.2) is 0 Å². The first kappa shape index (κ1) is 8.72. The average molecular weight is 190 g/mol. The summed E-state index contributed by atoms with van der Waals surface area (Å²) in [4.78, 5) is 0. The number of hydrogen-bond donors (Lipinski definition) is 0. The van der Waals surface area contributed by atoms with Gasteiger partial charge in [0.05, 0.1) is 5.60 Å². The molecule has 0 amide bonds. The lowest BCUT2D eigenvalue weighted by Crippen LogP contribution is -2.44. The van der Waals surface area contributed by atoms with Crippen LogP contribution in [-0.2, 0) is 4.74 Å². The van der Waals surface area contributed by atoms with Crippen molar-refractivity contribution in [1.82, 2.24) is 0 Å². The van der Waals surface area contributed by atoms with Crippen LogP contribution in [0, 0.1) is 5.41 Å². The van der Waals surface area contributed by atoms with Gasteiger partial charge in [0.2, 0.25) is 0 Å². The van der Waals surface area contributed by atoms with Gasteiger partial charge in [0.25, 0.3) is 0 Å². The molecule has 1 aliphatic heterocycles. The third kappa shape index (κ3) is 0.993. The van der Waals surface area contributed by atoms with E-state index in [-0.39, 0.29) is 5.60 Å². The van der Waals surface area contributed by atoms with Gasteiger partial charge in [0.15, 0.2) is 0 Å². The van der Waals surface area contributed by atoms with E-state index in [4.69, 9.17) is 4.74 Å². The van der Waals surface area contributed by atoms with Crippen molar-refractivity contribution in [3.8, 4) is 0 Å². The van der Waals surface area contributed by atoms with Gasteiger partial charge in [0, 0.05) is 12.0 Å². The first-order valence-corrected chi connectivity index (χ1v) is 5.88. The molecule has 0 aromatic rings. The van der Waals surface area contributed by atoms with Crippen LogP contribution in [0.15, 0.2) is 24.3 Å². The molecule has 1 heterocycles. The lowest BCUT2D eigenvalue weighted by molar-refractivity contribution is -0.0394. The quantitative estimate of drug-likeness (QED) is 0.570. The molecular formula is C13H18O. The Balaban J connectivity index is 2.01. The molecule has 3 aliphatic rings. The zero-order valence-electron chi connectivity index (χ0n) is 8.67. The summed E-state index contributed by atoms with van der Waals surface area (Å²) < 4.78 is 6.08. The molecule has 1 saturated heterocycles. The van der Waals surface area contributed by atoms with Crippen LogP contribution in [0.25, 0.3) is 0 Å². The maximum absolute atomic E-state index is 6.08. The van der Waals surface area contributed by atoms with Gasteiger partial charge in [-0.1, -0.05) is 37.1 Å². The molecule has 1 nitrogen and oxygen atoms in total. The van der Waals surface area contributed by atoms with E-state index in [0.29, 0.717) is 5.41 Å². The van der Waals surface area contributed by atoms with Crippen LogP contribution in [0.1, 0.15) is 38.5 Å². The smallest absolute Gasteiger partial charge is 0.0956 e. The summed E-state index contributed by atoms with van der Waals surface area (Å²) in [5.74, 6) is 0. The fraction of sp³-hybridized carbons (Fsp3) is 0.692. The number of fused-ring (bicyclic) bond motifs is 1. The maximum atomic E-state index is 6.08. The summed E-state index contributed by atoms with van der Waals surface area (Å²) in [6.45, 7) is 0.958. The topological polar surface area (TPSA) is 9.23 Å². The van der Waals surface area contributed by atoms with Crippen LogP contribution in [0.5, 0.6) is 0 Å². The van der Waals surface area contributed by atoms with Crippen molar-refractivity contribution in [3.63, 3.8) is 0 Å². The molecular weight excluding hydrogens is 172 g/mol. The second-order valence-electron chi connectivity index (χ2n) is 4.92. The predicted molar refractivity (Wildman–Crippen MR) is 57.1 cm³/mol. The molecule has 0 aromatic heterocycles. The van der Waals surface area contributed by atoms with Crippen LogP contribution in [0.3, 0.4) is 0 Å². The zero-order chi connectivity index (χ0) is 9.49. The Hall–Kier alpha value is -0.560. The molecule has 2 spiro atoms. The number of ether oxygens (including phenoxy) is 1. The van der Waals surface area contributed by atoms with Gasteiger partial charge in [-0.3, -0.25) is 0 Å². The van der Waals surface area contributed by atoms with E-state index in [1.54, 1.807) is 0 Å². The average Bonchev–Trinajstić information content (AvgIpc) is 2.81. The highest BCUT2D eigenvalue weighted by Gasteiger charge is 2.52. The normalized spacial score (nSPS) is 38.9. The Morgan fingerprint density at radius 1 is 0.857 bits per heavy atom. The molecule has 3 rings (SSSR count). The second-order valence-corrected chi connectivity index (χ2v) is 4.92. The molecule has 1 heteroatoms. The summed E-state index contributed by atoms with van der Waals surface area (Å²) >= 11 is 0. The van der Waals surface area contributed by atoms with Gasteiger partial charge in [-0.05, 0) is 25.7 Å². The van der Waals surface area contributed by atoms with Crippen molar-refractivity contribution < 1.29 is 4.74 Å². The van der Waals surface area contributed by atoms with Crippen LogP contribution in [0.2, 0.25) is 0 Å². The van der Waals surface area contributed by atoms with E-state index < -0.39 is 0 Å². The molecule has 0 aromatic carbocycles. The van der Waals surface area contributed by atoms with E-state index in [9.17, 15) is 0 Å². The fourth-order valence-electron chi connectivity index (χ4n) is 3.54. The summed E-state index contributed by atoms with van der Waals surface area (Å²) in [6.07, 6.45) is 17.0. The Morgan fingerprint density at radius 2 is 1.64 bits per heavy atom. The second kappa shape index (κ2) is 2.96. The third-order valence-electron chi connectivity index (χ3n) is 4.28. The highest BCUT2D eigenvalue weighted by molar-refractivity contribution is 5.29. The van der Waals surface area contributed by atoms with Crippen LogP contribution in [0.4, 0.5) is 0 Å². The zero-order valence-corrected chi connectivity index (χ0v) is 8.67. The summed E-state index contributed by atoms with van der Waals surface area (Å²) in [5, 5.41) is 0. The molecule has 2 fully saturated rings. The van der Waals surface area contributed by atoms with Crippen molar-refractivity contribution in [1.29, 1.82) is 0 Å². The highest BCUT2D eigenvalue weighted by atomic mass is 16.5. The molecule has 14 heavy (non-hydrogen) atoms. The molecule has 0 bridgehead atoms. The summed E-state index contributed by atoms with van der Waals surface area (Å²) in [5.41, 5.74) is 0.441. The van der Waals surface area contributed by atoms with Crippen molar-refractivity contribution in [2.24, 2.45) is 5.41 Å². The van der Waals surface area contributed by atoms with Crippen molar-refractivity contribution in [2.45, 2.75) is 44.1 Å². The summed E-state index contributed by atoms with van der Waals surface area (Å²) in [7, 11) is 0. The van der Waals surface area contributed by atoms with E-state index >= 15 is 0 Å². The summed E-state index contributed by atoms with van der Waals surface area (Å²) in [6, 6.07) is 0. The van der Waals surface area contributed by atoms with Crippen LogP contribution >= 0.6 is 0 Å². The van der Waals surface area contributed by atoms with E-state index in [1.165, 1.54) is 38.5 Å². The Morgan fingerprint density at radius 3 is 2.36 bits per heavy atom. The van der Waals surface area contributed by atoms with Gasteiger partial charge >= 0.3 is 0 Å². The fourth-order valence-corrected chi connectivity index (χ4v) is 3.54. The molecule has 1 saturated carbocycles. The first-order chi connectivity index (χ1) is 6.87. The number of allylic oxidation sites excluding steroid dienone is 2. The standard InChI is InChI=1S/C13H18O/c1-2-7-12(6-1)8-3-4-9-13(12)10-5-11-14-13/h3-4,8-9H,1-2,5-7,10-11H2/t13-/m1/s1. The van der Waals surface area contributed by atoms with E-state index in [2.05, 4.69) is 24.3 Å². The molecule has 0 radical (unpaired) electrons. The Kier molecular flexibility index (Phi) is 1.85. The maximum Gasteiger partial charge on any atom is 0.0956 e. The Bertz CT molecular complexity index is 246. The van der Waals surface area contributed by atoms with Crippen molar-refractivity contribution in [3.05, 3.63) is 24.3 Å². The Labute approximate surface area is 85.8 Å². The lowest BCUT2D eigenvalue weighted by atomic mass is 9.67. The minimum Gasteiger partial charge on any atom is -0.370 e. The van der Waals surface area contributed by atoms with Crippen molar-refractivity contribution in [2.75, 3.05) is 6.61 Å². The van der Waals surface area contributed by atoms with E-state index in [0.717, 1.165) is 6.61 Å². The van der Waals surface area contributed by atoms with E-state index in [1.807, 2.05) is 0 Å². The SMILES string of the molecule is C1=CC2(CCCC2)[C@@]2(C=C1)CCCO2. The first-order valence-electron chi connectivity index (χ1n) is 5.88. The number of rotatable bonds is 0. The molecule has 76 valence electrons. The number of hydrogen-bond acceptors (Lipinski definition) is 1. The molecule has 1 atom stereocenters. The predicted octanol–water partition coefficient (Wildman–Crippen LogP) is 3.22. The minimum absolute atomic E-state index is 0.0816. The lowest BCUT2D eigenvalue weighted by Gasteiger charge is -2.43. The molecule has 2 aliphatic carbocycles. The highest BCUT2D eigenvalue weighted by Crippen LogP contribution is 2.55. The van der Waals surface area contributed by atoms with Gasteiger partial charge in [-0.2, -0.15) is 0 Å². The van der Waals surface area contributed by atoms with Gasteiger partial charge in [-0.15, -0.1) is 0 Å². The molecule has 0 unspecified atom stereocenters. The van der Waals surface area contributed by atoms with Crippen LogP contribution in [-0.4, -0.2) is 12.2 Å². The largest absolute Gasteiger partial charge is 0.370 e. The monoisotopic (exact) mass is 190 g/mol. The third-order valence-corrected chi connectivity index (χ3v) is 4.28. The minimum atomic E-state index is 0.0816. The van der Waals surface area contributed by atoms with Gasteiger partial charge in [0.1, 0.15) is 0 Å².